The maximum atomic E-state index is 6.36. The van der Waals surface area contributed by atoms with Crippen LogP contribution in [0.4, 0.5) is 0 Å². The van der Waals surface area contributed by atoms with Gasteiger partial charge in [-0.05, 0) is 70.4 Å². The molecular weight excluding hydrogens is 592 g/mol. The minimum atomic E-state index is 0.513. The molecule has 0 radical (unpaired) electrons. The highest BCUT2D eigenvalue weighted by Crippen LogP contribution is 2.41. The minimum Gasteiger partial charge on any atom is -0.455 e. The van der Waals surface area contributed by atoms with Crippen LogP contribution in [0.25, 0.3) is 56.1 Å². The third-order valence-corrected chi connectivity index (χ3v) is 8.26. The molecular formula is C32H27BrN8O. The van der Waals surface area contributed by atoms with Crippen molar-refractivity contribution in [2.75, 3.05) is 0 Å². The van der Waals surface area contributed by atoms with Gasteiger partial charge in [-0.1, -0.05) is 49.7 Å². The van der Waals surface area contributed by atoms with Crippen molar-refractivity contribution in [3.63, 3.8) is 0 Å². The number of hydrogen-bond donors (Lipinski definition) is 1. The first-order valence-corrected chi connectivity index (χ1v) is 14.7. The number of rotatable bonds is 8. The van der Waals surface area contributed by atoms with Crippen LogP contribution >= 0.6 is 15.9 Å². The highest BCUT2D eigenvalue weighted by atomic mass is 79.9. The summed E-state index contributed by atoms with van der Waals surface area (Å²) >= 11 is 3.83. The molecule has 10 heteroatoms. The molecule has 0 spiro atoms. The van der Waals surface area contributed by atoms with Gasteiger partial charge in [0.15, 0.2) is 5.65 Å². The van der Waals surface area contributed by atoms with Crippen LogP contribution in [0, 0.1) is 6.92 Å². The van der Waals surface area contributed by atoms with E-state index in [2.05, 4.69) is 71.2 Å². The first-order chi connectivity index (χ1) is 20.6. The van der Waals surface area contributed by atoms with Gasteiger partial charge >= 0.3 is 0 Å². The summed E-state index contributed by atoms with van der Waals surface area (Å²) in [5.74, 6) is 2.27. The molecule has 5 aromatic heterocycles. The maximum Gasteiger partial charge on any atom is 0.205 e. The number of H-pyrrole nitrogens is 1. The quantitative estimate of drug-likeness (QED) is 0.187. The SMILES string of the molecule is CCCCc1nc2cc(-c3ccccn3)c(C)nc2n1Cc1ccc2oc(-c3ccccc3-c3nn[nH]n3)c(Br)c2c1. The number of furan rings is 1. The lowest BCUT2D eigenvalue weighted by Gasteiger charge is -2.10. The predicted molar refractivity (Wildman–Crippen MR) is 166 cm³/mol. The second-order valence-electron chi connectivity index (χ2n) is 10.3. The summed E-state index contributed by atoms with van der Waals surface area (Å²) in [4.78, 5) is 14.6. The van der Waals surface area contributed by atoms with E-state index in [1.807, 2.05) is 61.7 Å². The smallest absolute Gasteiger partial charge is 0.205 e. The highest BCUT2D eigenvalue weighted by molar-refractivity contribution is 9.10. The van der Waals surface area contributed by atoms with Gasteiger partial charge < -0.3 is 8.98 Å². The van der Waals surface area contributed by atoms with Gasteiger partial charge in [0.2, 0.25) is 5.82 Å². The Morgan fingerprint density at radius 3 is 2.60 bits per heavy atom. The van der Waals surface area contributed by atoms with Crippen LogP contribution in [0.15, 0.2) is 81.8 Å². The van der Waals surface area contributed by atoms with Crippen molar-refractivity contribution in [2.24, 2.45) is 0 Å². The molecule has 0 atom stereocenters. The van der Waals surface area contributed by atoms with Gasteiger partial charge in [-0.3, -0.25) is 4.98 Å². The van der Waals surface area contributed by atoms with Crippen LogP contribution in [0.1, 0.15) is 36.8 Å². The summed E-state index contributed by atoms with van der Waals surface area (Å²) in [7, 11) is 0. The molecule has 0 aliphatic heterocycles. The zero-order chi connectivity index (χ0) is 28.6. The van der Waals surface area contributed by atoms with E-state index in [1.165, 1.54) is 0 Å². The fraction of sp³-hybridized carbons (Fsp3) is 0.188. The maximum absolute atomic E-state index is 6.36. The van der Waals surface area contributed by atoms with Crippen LogP contribution < -0.4 is 0 Å². The molecule has 7 rings (SSSR count). The molecule has 0 saturated heterocycles. The van der Waals surface area contributed by atoms with Gasteiger partial charge in [0.1, 0.15) is 22.7 Å². The molecule has 9 nitrogen and oxygen atoms in total. The van der Waals surface area contributed by atoms with Crippen molar-refractivity contribution in [3.8, 4) is 34.0 Å². The monoisotopic (exact) mass is 618 g/mol. The third kappa shape index (κ3) is 4.67. The molecule has 5 heterocycles. The number of aromatic nitrogens is 8. The lowest BCUT2D eigenvalue weighted by atomic mass is 10.0. The standard InChI is InChI=1S/C32H27BrN8O/c1-3-4-12-28-36-26-17-23(25-11-7-8-15-34-25)19(2)35-32(26)41(28)18-20-13-14-27-24(16-20)29(33)30(42-27)21-9-5-6-10-22(21)31-37-39-40-38-31/h5-11,13-17H,3-4,12,18H2,1-2H3,(H,37,38,39,40). The van der Waals surface area contributed by atoms with E-state index in [4.69, 9.17) is 14.4 Å². The minimum absolute atomic E-state index is 0.513. The number of fused-ring (bicyclic) bond motifs is 2. The summed E-state index contributed by atoms with van der Waals surface area (Å²) in [6.07, 6.45) is 4.85. The highest BCUT2D eigenvalue weighted by Gasteiger charge is 2.20. The number of pyridine rings is 2. The van der Waals surface area contributed by atoms with Gasteiger partial charge in [-0.15, -0.1) is 10.2 Å². The zero-order valence-corrected chi connectivity index (χ0v) is 24.8. The number of benzene rings is 2. The summed E-state index contributed by atoms with van der Waals surface area (Å²) in [5.41, 5.74) is 8.26. The number of imidazole rings is 1. The second kappa shape index (κ2) is 10.9. The number of nitrogens with one attached hydrogen (secondary N) is 1. The summed E-state index contributed by atoms with van der Waals surface area (Å²) in [6.45, 7) is 4.88. The van der Waals surface area contributed by atoms with Gasteiger partial charge in [-0.25, -0.2) is 9.97 Å². The Morgan fingerprint density at radius 1 is 0.952 bits per heavy atom. The molecule has 0 bridgehead atoms. The van der Waals surface area contributed by atoms with Crippen molar-refractivity contribution in [1.82, 2.24) is 40.1 Å². The Balaban J connectivity index is 1.30. The molecule has 0 aliphatic rings. The van der Waals surface area contributed by atoms with E-state index in [-0.39, 0.29) is 0 Å². The Labute approximate surface area is 250 Å². The Bertz CT molecular complexity index is 2030. The fourth-order valence-corrected chi connectivity index (χ4v) is 5.98. The average molecular weight is 620 g/mol. The van der Waals surface area contributed by atoms with Crippen LogP contribution in [-0.4, -0.2) is 40.1 Å². The molecule has 0 fully saturated rings. The largest absolute Gasteiger partial charge is 0.455 e. The molecule has 0 aliphatic carbocycles. The van der Waals surface area contributed by atoms with Crippen molar-refractivity contribution in [1.29, 1.82) is 0 Å². The van der Waals surface area contributed by atoms with Crippen molar-refractivity contribution < 1.29 is 4.42 Å². The third-order valence-electron chi connectivity index (χ3n) is 7.48. The number of unbranched alkanes of at least 4 members (excludes halogenated alkanes) is 1. The Kier molecular flexibility index (Phi) is 6.83. The van der Waals surface area contributed by atoms with E-state index in [0.717, 1.165) is 91.1 Å². The molecule has 0 saturated carbocycles. The molecule has 42 heavy (non-hydrogen) atoms. The lowest BCUT2D eigenvalue weighted by molar-refractivity contribution is 0.629. The van der Waals surface area contributed by atoms with Crippen LogP contribution in [-0.2, 0) is 13.0 Å². The van der Waals surface area contributed by atoms with Gasteiger partial charge in [0, 0.05) is 40.4 Å². The number of tetrazole rings is 1. The van der Waals surface area contributed by atoms with Gasteiger partial charge in [-0.2, -0.15) is 5.21 Å². The van der Waals surface area contributed by atoms with E-state index in [0.29, 0.717) is 12.4 Å². The van der Waals surface area contributed by atoms with E-state index in [1.54, 1.807) is 0 Å². The molecule has 0 unspecified atom stereocenters. The molecule has 2 aromatic carbocycles. The van der Waals surface area contributed by atoms with E-state index >= 15 is 0 Å². The topological polar surface area (TPSA) is 111 Å². The lowest BCUT2D eigenvalue weighted by Crippen LogP contribution is -2.06. The number of aromatic amines is 1. The second-order valence-corrected chi connectivity index (χ2v) is 11.0. The fourth-order valence-electron chi connectivity index (χ4n) is 5.38. The van der Waals surface area contributed by atoms with Crippen molar-refractivity contribution in [3.05, 3.63) is 94.5 Å². The number of hydrogen-bond acceptors (Lipinski definition) is 7. The van der Waals surface area contributed by atoms with E-state index in [9.17, 15) is 0 Å². The first kappa shape index (κ1) is 26.2. The summed E-state index contributed by atoms with van der Waals surface area (Å²) in [5, 5.41) is 15.6. The normalized spacial score (nSPS) is 11.6. The summed E-state index contributed by atoms with van der Waals surface area (Å²) < 4.78 is 9.49. The van der Waals surface area contributed by atoms with Crippen molar-refractivity contribution in [2.45, 2.75) is 39.7 Å². The number of nitrogens with zero attached hydrogens (tertiary/aromatic N) is 7. The van der Waals surface area contributed by atoms with E-state index < -0.39 is 0 Å². The van der Waals surface area contributed by atoms with Crippen LogP contribution in [0.2, 0.25) is 0 Å². The molecule has 7 aromatic rings. The zero-order valence-electron chi connectivity index (χ0n) is 23.2. The van der Waals surface area contributed by atoms with Crippen LogP contribution in [0.5, 0.6) is 0 Å². The van der Waals surface area contributed by atoms with Crippen LogP contribution in [0.3, 0.4) is 0 Å². The predicted octanol–water partition coefficient (Wildman–Crippen LogP) is 7.55. The first-order valence-electron chi connectivity index (χ1n) is 13.9. The Hall–Kier alpha value is -4.70. The van der Waals surface area contributed by atoms with Crippen molar-refractivity contribution >= 4 is 38.1 Å². The average Bonchev–Trinajstić information content (AvgIpc) is 3.75. The Morgan fingerprint density at radius 2 is 1.81 bits per heavy atom. The summed E-state index contributed by atoms with van der Waals surface area (Å²) in [6, 6.07) is 22.2. The molecule has 1 N–H and O–H groups in total. The number of halogens is 1. The molecule has 208 valence electrons. The number of aryl methyl sites for hydroxylation is 2. The molecule has 0 amide bonds. The van der Waals surface area contributed by atoms with Gasteiger partial charge in [0.05, 0.1) is 16.7 Å². The van der Waals surface area contributed by atoms with Gasteiger partial charge in [0.25, 0.3) is 0 Å².